The molecule has 2 aliphatic heterocycles. The van der Waals surface area contributed by atoms with E-state index in [-0.39, 0.29) is 17.5 Å². The average Bonchev–Trinajstić information content (AvgIpc) is 2.95. The molecule has 0 radical (unpaired) electrons. The van der Waals surface area contributed by atoms with E-state index in [0.29, 0.717) is 11.8 Å². The van der Waals surface area contributed by atoms with Crippen LogP contribution < -0.4 is 5.32 Å². The van der Waals surface area contributed by atoms with Crippen molar-refractivity contribution in [1.29, 1.82) is 0 Å². The number of hydrogen-bond donors (Lipinski definition) is 1. The summed E-state index contributed by atoms with van der Waals surface area (Å²) in [4.78, 5) is 14.4. The van der Waals surface area contributed by atoms with Gasteiger partial charge < -0.3 is 10.2 Å². The first-order valence-electron chi connectivity index (χ1n) is 6.86. The number of hydrogen-bond acceptors (Lipinski definition) is 2. The molecule has 4 heteroatoms. The molecule has 1 aromatic rings. The van der Waals surface area contributed by atoms with Crippen LogP contribution in [0.3, 0.4) is 0 Å². The molecule has 102 valence electrons. The van der Waals surface area contributed by atoms with Crippen LogP contribution in [0.15, 0.2) is 18.2 Å². The Morgan fingerprint density at radius 3 is 2.95 bits per heavy atom. The van der Waals surface area contributed by atoms with Crippen LogP contribution in [0.4, 0.5) is 4.39 Å². The smallest absolute Gasteiger partial charge is 0.257 e. The highest BCUT2D eigenvalue weighted by Gasteiger charge is 2.44. The van der Waals surface area contributed by atoms with E-state index in [2.05, 4.69) is 12.2 Å². The third-order valence-electron chi connectivity index (χ3n) is 4.55. The van der Waals surface area contributed by atoms with Crippen molar-refractivity contribution in [2.45, 2.75) is 19.9 Å². The van der Waals surface area contributed by atoms with Gasteiger partial charge in [-0.2, -0.15) is 0 Å². The number of aryl methyl sites for hydroxylation is 1. The van der Waals surface area contributed by atoms with E-state index < -0.39 is 5.82 Å². The van der Waals surface area contributed by atoms with Gasteiger partial charge in [-0.25, -0.2) is 4.39 Å². The van der Waals surface area contributed by atoms with E-state index in [1.165, 1.54) is 6.07 Å². The molecule has 3 unspecified atom stereocenters. The fourth-order valence-corrected chi connectivity index (χ4v) is 3.39. The van der Waals surface area contributed by atoms with Crippen LogP contribution in [0.5, 0.6) is 0 Å². The predicted octanol–water partition coefficient (Wildman–Crippen LogP) is 1.81. The monoisotopic (exact) mass is 262 g/mol. The van der Waals surface area contributed by atoms with E-state index in [1.54, 1.807) is 12.1 Å². The molecule has 0 spiro atoms. The van der Waals surface area contributed by atoms with Gasteiger partial charge in [0.1, 0.15) is 5.82 Å². The standard InChI is InChI=1S/C15H19FN2O/c1-9-3-4-14(16)12(5-9)15(19)18-8-11-6-17-7-13(11)10(18)2/h3-5,10-11,13,17H,6-8H2,1-2H3. The van der Waals surface area contributed by atoms with Crippen molar-refractivity contribution in [1.82, 2.24) is 10.2 Å². The van der Waals surface area contributed by atoms with Crippen molar-refractivity contribution in [3.05, 3.63) is 35.1 Å². The minimum atomic E-state index is -0.419. The second-order valence-electron chi connectivity index (χ2n) is 5.76. The summed E-state index contributed by atoms with van der Waals surface area (Å²) in [5.74, 6) is 0.449. The lowest BCUT2D eigenvalue weighted by Gasteiger charge is -2.24. The summed E-state index contributed by atoms with van der Waals surface area (Å²) in [7, 11) is 0. The van der Waals surface area contributed by atoms with Crippen LogP contribution in [-0.4, -0.2) is 36.5 Å². The number of rotatable bonds is 1. The number of halogens is 1. The minimum absolute atomic E-state index is 0.164. The second-order valence-corrected chi connectivity index (χ2v) is 5.76. The number of carbonyl (C=O) groups excluding carboxylic acids is 1. The highest BCUT2D eigenvalue weighted by Crippen LogP contribution is 2.33. The van der Waals surface area contributed by atoms with E-state index in [4.69, 9.17) is 0 Å². The summed E-state index contributed by atoms with van der Waals surface area (Å²) in [5.41, 5.74) is 1.12. The molecule has 0 bridgehead atoms. The average molecular weight is 262 g/mol. The lowest BCUT2D eigenvalue weighted by Crippen LogP contribution is -2.38. The molecule has 1 amide bonds. The van der Waals surface area contributed by atoms with Crippen LogP contribution in [0.1, 0.15) is 22.8 Å². The fourth-order valence-electron chi connectivity index (χ4n) is 3.39. The van der Waals surface area contributed by atoms with Crippen LogP contribution in [-0.2, 0) is 0 Å². The van der Waals surface area contributed by atoms with Gasteiger partial charge in [0.2, 0.25) is 0 Å². The van der Waals surface area contributed by atoms with Crippen molar-refractivity contribution < 1.29 is 9.18 Å². The molecular formula is C15H19FN2O. The number of benzene rings is 1. The summed E-state index contributed by atoms with van der Waals surface area (Å²) in [6.45, 7) is 6.62. The Morgan fingerprint density at radius 2 is 2.21 bits per heavy atom. The van der Waals surface area contributed by atoms with E-state index in [0.717, 1.165) is 25.2 Å². The Bertz CT molecular complexity index is 517. The molecule has 1 aromatic carbocycles. The van der Waals surface area contributed by atoms with Gasteiger partial charge in [0.25, 0.3) is 5.91 Å². The first-order valence-corrected chi connectivity index (χ1v) is 6.86. The van der Waals surface area contributed by atoms with Crippen LogP contribution in [0, 0.1) is 24.6 Å². The molecule has 0 aromatic heterocycles. The Balaban J connectivity index is 1.86. The molecule has 0 saturated carbocycles. The molecule has 0 aliphatic carbocycles. The number of amides is 1. The van der Waals surface area contributed by atoms with Gasteiger partial charge in [0, 0.05) is 25.7 Å². The molecule has 2 aliphatic rings. The molecule has 3 nitrogen and oxygen atoms in total. The van der Waals surface area contributed by atoms with Gasteiger partial charge in [0.05, 0.1) is 5.56 Å². The van der Waals surface area contributed by atoms with Gasteiger partial charge >= 0.3 is 0 Å². The van der Waals surface area contributed by atoms with Crippen molar-refractivity contribution in [3.8, 4) is 0 Å². The zero-order valence-electron chi connectivity index (χ0n) is 11.3. The van der Waals surface area contributed by atoms with Crippen LogP contribution in [0.2, 0.25) is 0 Å². The number of nitrogens with one attached hydrogen (secondary N) is 1. The summed E-state index contributed by atoms with van der Waals surface area (Å²) >= 11 is 0. The summed E-state index contributed by atoms with van der Waals surface area (Å²) in [5, 5.41) is 3.36. The highest BCUT2D eigenvalue weighted by atomic mass is 19.1. The Morgan fingerprint density at radius 1 is 1.42 bits per heavy atom. The zero-order chi connectivity index (χ0) is 13.6. The number of carbonyl (C=O) groups is 1. The number of likely N-dealkylation sites (tertiary alicyclic amines) is 1. The van der Waals surface area contributed by atoms with Gasteiger partial charge in [-0.3, -0.25) is 4.79 Å². The lowest BCUT2D eigenvalue weighted by molar-refractivity contribution is 0.0723. The van der Waals surface area contributed by atoms with Crippen molar-refractivity contribution in [2.75, 3.05) is 19.6 Å². The normalized spacial score (nSPS) is 29.6. The lowest BCUT2D eigenvalue weighted by atomic mass is 9.95. The topological polar surface area (TPSA) is 32.3 Å². The van der Waals surface area contributed by atoms with Gasteiger partial charge in [-0.1, -0.05) is 11.6 Å². The maximum absolute atomic E-state index is 13.8. The Hall–Kier alpha value is -1.42. The zero-order valence-corrected chi connectivity index (χ0v) is 11.3. The minimum Gasteiger partial charge on any atom is -0.335 e. The van der Waals surface area contributed by atoms with Crippen molar-refractivity contribution in [3.63, 3.8) is 0 Å². The molecule has 2 heterocycles. The number of fused-ring (bicyclic) bond motifs is 1. The third-order valence-corrected chi connectivity index (χ3v) is 4.55. The number of nitrogens with zero attached hydrogens (tertiary/aromatic N) is 1. The van der Waals surface area contributed by atoms with Crippen LogP contribution >= 0.6 is 0 Å². The van der Waals surface area contributed by atoms with Crippen molar-refractivity contribution in [2.24, 2.45) is 11.8 Å². The summed E-state index contributed by atoms with van der Waals surface area (Å²) in [6, 6.07) is 4.91. The molecule has 1 N–H and O–H groups in total. The van der Waals surface area contributed by atoms with E-state index in [1.807, 2.05) is 11.8 Å². The summed E-state index contributed by atoms with van der Waals surface area (Å²) in [6.07, 6.45) is 0. The largest absolute Gasteiger partial charge is 0.335 e. The SMILES string of the molecule is Cc1ccc(F)c(C(=O)N2CC3CNCC3C2C)c1. The van der Waals surface area contributed by atoms with Gasteiger partial charge in [-0.05, 0) is 37.8 Å². The van der Waals surface area contributed by atoms with Gasteiger partial charge in [-0.15, -0.1) is 0 Å². The third kappa shape index (κ3) is 2.04. The Labute approximate surface area is 112 Å². The highest BCUT2D eigenvalue weighted by molar-refractivity contribution is 5.95. The Kier molecular flexibility index (Phi) is 3.05. The van der Waals surface area contributed by atoms with Crippen LogP contribution in [0.25, 0.3) is 0 Å². The molecule has 2 fully saturated rings. The molecule has 2 saturated heterocycles. The molecule has 19 heavy (non-hydrogen) atoms. The fraction of sp³-hybridized carbons (Fsp3) is 0.533. The summed E-state index contributed by atoms with van der Waals surface area (Å²) < 4.78 is 13.8. The molecule has 3 atom stereocenters. The van der Waals surface area contributed by atoms with E-state index >= 15 is 0 Å². The maximum Gasteiger partial charge on any atom is 0.257 e. The predicted molar refractivity (Wildman–Crippen MR) is 71.5 cm³/mol. The first-order chi connectivity index (χ1) is 9.08. The first kappa shape index (κ1) is 12.6. The van der Waals surface area contributed by atoms with Crippen molar-refractivity contribution >= 4 is 5.91 Å². The van der Waals surface area contributed by atoms with E-state index in [9.17, 15) is 9.18 Å². The molecule has 3 rings (SSSR count). The van der Waals surface area contributed by atoms with Gasteiger partial charge in [0.15, 0.2) is 0 Å². The quantitative estimate of drug-likeness (QED) is 0.837. The maximum atomic E-state index is 13.8. The molecular weight excluding hydrogens is 243 g/mol. The second kappa shape index (κ2) is 4.60.